The first-order valence-electron chi connectivity index (χ1n) is 5.16. The van der Waals surface area contributed by atoms with Crippen molar-refractivity contribution in [1.29, 1.82) is 0 Å². The molecule has 2 N–H and O–H groups in total. The molecule has 6 nitrogen and oxygen atoms in total. The Hall–Kier alpha value is -1.51. The number of amides is 1. The summed E-state index contributed by atoms with van der Waals surface area (Å²) < 4.78 is 11.2. The molecule has 1 aromatic rings. The topological polar surface area (TPSA) is 84.9 Å². The number of carboxylic acids is 1. The SMILES string of the molecule is O=C1NCC(COc2cc(C(=O)O)ccc2I)O1. The minimum Gasteiger partial charge on any atom is -0.489 e. The molecule has 1 aliphatic rings. The van der Waals surface area contributed by atoms with Gasteiger partial charge in [-0.25, -0.2) is 9.59 Å². The van der Waals surface area contributed by atoms with Gasteiger partial charge in [0.1, 0.15) is 12.4 Å². The van der Waals surface area contributed by atoms with Gasteiger partial charge in [-0.3, -0.25) is 0 Å². The highest BCUT2D eigenvalue weighted by molar-refractivity contribution is 14.1. The Morgan fingerprint density at radius 1 is 1.61 bits per heavy atom. The molecule has 96 valence electrons. The van der Waals surface area contributed by atoms with E-state index in [2.05, 4.69) is 5.32 Å². The number of alkyl carbamates (subject to hydrolysis) is 1. The number of rotatable bonds is 4. The predicted octanol–water partition coefficient (Wildman–Crippen LogP) is 1.48. The van der Waals surface area contributed by atoms with Crippen molar-refractivity contribution in [3.05, 3.63) is 27.3 Å². The van der Waals surface area contributed by atoms with Crippen LogP contribution in [-0.2, 0) is 4.74 Å². The zero-order valence-electron chi connectivity index (χ0n) is 9.18. The van der Waals surface area contributed by atoms with Gasteiger partial charge in [0.15, 0.2) is 6.10 Å². The fourth-order valence-electron chi connectivity index (χ4n) is 1.45. The Bertz CT molecular complexity index is 490. The molecule has 1 saturated heterocycles. The minimum atomic E-state index is -1.01. The smallest absolute Gasteiger partial charge is 0.407 e. The maximum Gasteiger partial charge on any atom is 0.407 e. The third-order valence-corrected chi connectivity index (χ3v) is 3.24. The first-order valence-corrected chi connectivity index (χ1v) is 6.24. The summed E-state index contributed by atoms with van der Waals surface area (Å²) in [5.41, 5.74) is 0.159. The average molecular weight is 363 g/mol. The molecule has 0 radical (unpaired) electrons. The van der Waals surface area contributed by atoms with E-state index in [-0.39, 0.29) is 18.3 Å². The maximum absolute atomic E-state index is 10.8. The van der Waals surface area contributed by atoms with Crippen molar-refractivity contribution in [3.63, 3.8) is 0 Å². The van der Waals surface area contributed by atoms with Gasteiger partial charge in [0.05, 0.1) is 15.7 Å². The molecule has 0 bridgehead atoms. The molecule has 1 aliphatic heterocycles. The lowest BCUT2D eigenvalue weighted by Crippen LogP contribution is -2.22. The molecule has 7 heteroatoms. The number of ether oxygens (including phenoxy) is 2. The van der Waals surface area contributed by atoms with Crippen molar-refractivity contribution in [3.8, 4) is 5.75 Å². The maximum atomic E-state index is 10.8. The summed E-state index contributed by atoms with van der Waals surface area (Å²) in [5, 5.41) is 11.4. The van der Waals surface area contributed by atoms with Crippen LogP contribution >= 0.6 is 22.6 Å². The number of hydrogen-bond donors (Lipinski definition) is 2. The molecule has 0 aromatic heterocycles. The third kappa shape index (κ3) is 3.03. The van der Waals surface area contributed by atoms with Crippen molar-refractivity contribution >= 4 is 34.7 Å². The van der Waals surface area contributed by atoms with Crippen LogP contribution in [0.2, 0.25) is 0 Å². The molecular formula is C11H10INO5. The molecule has 18 heavy (non-hydrogen) atoms. The second kappa shape index (κ2) is 5.42. The van der Waals surface area contributed by atoms with Crippen LogP contribution in [-0.4, -0.2) is 36.4 Å². The first-order chi connectivity index (χ1) is 8.56. The number of carboxylic acid groups (broad SMARTS) is 1. The van der Waals surface area contributed by atoms with Crippen LogP contribution in [0.3, 0.4) is 0 Å². The van der Waals surface area contributed by atoms with Gasteiger partial charge in [-0.2, -0.15) is 0 Å². The van der Waals surface area contributed by atoms with Crippen molar-refractivity contribution in [2.45, 2.75) is 6.10 Å². The summed E-state index contributed by atoms with van der Waals surface area (Å²) in [6.07, 6.45) is -0.806. The Kier molecular flexibility index (Phi) is 3.90. The van der Waals surface area contributed by atoms with Gasteiger partial charge in [0.25, 0.3) is 0 Å². The van der Waals surface area contributed by atoms with E-state index in [0.29, 0.717) is 12.3 Å². The van der Waals surface area contributed by atoms with E-state index in [0.717, 1.165) is 3.57 Å². The molecule has 1 amide bonds. The number of benzene rings is 1. The van der Waals surface area contributed by atoms with Gasteiger partial charge < -0.3 is 19.9 Å². The van der Waals surface area contributed by atoms with Gasteiger partial charge >= 0.3 is 12.1 Å². The Balaban J connectivity index is 2.02. The Morgan fingerprint density at radius 3 is 3.00 bits per heavy atom. The number of carbonyl (C=O) groups excluding carboxylic acids is 1. The van der Waals surface area contributed by atoms with Gasteiger partial charge in [0.2, 0.25) is 0 Å². The molecule has 1 heterocycles. The van der Waals surface area contributed by atoms with Crippen molar-refractivity contribution in [2.75, 3.05) is 13.2 Å². The highest BCUT2D eigenvalue weighted by Gasteiger charge is 2.23. The van der Waals surface area contributed by atoms with Gasteiger partial charge in [-0.05, 0) is 40.8 Å². The number of halogens is 1. The van der Waals surface area contributed by atoms with Gasteiger partial charge in [-0.15, -0.1) is 0 Å². The first kappa shape index (κ1) is 12.9. The van der Waals surface area contributed by atoms with Crippen LogP contribution in [0.4, 0.5) is 4.79 Å². The van der Waals surface area contributed by atoms with Crippen molar-refractivity contribution < 1.29 is 24.2 Å². The van der Waals surface area contributed by atoms with E-state index in [1.807, 2.05) is 22.6 Å². The lowest BCUT2D eigenvalue weighted by molar-refractivity contribution is 0.0696. The van der Waals surface area contributed by atoms with Crippen molar-refractivity contribution in [1.82, 2.24) is 5.32 Å². The van der Waals surface area contributed by atoms with Crippen LogP contribution in [0.25, 0.3) is 0 Å². The second-order valence-corrected chi connectivity index (χ2v) is 4.83. The Labute approximate surface area is 116 Å². The van der Waals surface area contributed by atoms with E-state index in [4.69, 9.17) is 14.6 Å². The summed E-state index contributed by atoms with van der Waals surface area (Å²) in [7, 11) is 0. The number of cyclic esters (lactones) is 1. The van der Waals surface area contributed by atoms with E-state index in [9.17, 15) is 9.59 Å². The lowest BCUT2D eigenvalue weighted by Gasteiger charge is -2.12. The van der Waals surface area contributed by atoms with Crippen LogP contribution in [0.15, 0.2) is 18.2 Å². The standard InChI is InChI=1S/C11H10INO5/c12-8-2-1-6(10(14)15)3-9(8)17-5-7-4-13-11(16)18-7/h1-3,7H,4-5H2,(H,13,16)(H,14,15). The molecule has 2 rings (SSSR count). The zero-order chi connectivity index (χ0) is 13.1. The molecular weight excluding hydrogens is 353 g/mol. The van der Waals surface area contributed by atoms with Crippen LogP contribution < -0.4 is 10.1 Å². The fraction of sp³-hybridized carbons (Fsp3) is 0.273. The highest BCUT2D eigenvalue weighted by atomic mass is 127. The van der Waals surface area contributed by atoms with E-state index >= 15 is 0 Å². The minimum absolute atomic E-state index is 0.159. The van der Waals surface area contributed by atoms with E-state index in [1.54, 1.807) is 6.07 Å². The van der Waals surface area contributed by atoms with Crippen LogP contribution in [0.1, 0.15) is 10.4 Å². The Morgan fingerprint density at radius 2 is 2.39 bits per heavy atom. The molecule has 1 aromatic carbocycles. The third-order valence-electron chi connectivity index (χ3n) is 2.35. The normalized spacial score (nSPS) is 18.1. The molecule has 1 atom stereocenters. The van der Waals surface area contributed by atoms with Crippen LogP contribution in [0.5, 0.6) is 5.75 Å². The number of carbonyl (C=O) groups is 2. The zero-order valence-corrected chi connectivity index (χ0v) is 11.3. The number of aromatic carboxylic acids is 1. The molecule has 0 aliphatic carbocycles. The highest BCUT2D eigenvalue weighted by Crippen LogP contribution is 2.23. The number of hydrogen-bond acceptors (Lipinski definition) is 4. The van der Waals surface area contributed by atoms with Crippen molar-refractivity contribution in [2.24, 2.45) is 0 Å². The fourth-order valence-corrected chi connectivity index (χ4v) is 1.95. The van der Waals surface area contributed by atoms with E-state index < -0.39 is 12.1 Å². The molecule has 1 fully saturated rings. The van der Waals surface area contributed by atoms with Gasteiger partial charge in [-0.1, -0.05) is 0 Å². The molecule has 1 unspecified atom stereocenters. The summed E-state index contributed by atoms with van der Waals surface area (Å²) >= 11 is 2.05. The van der Waals surface area contributed by atoms with E-state index in [1.165, 1.54) is 12.1 Å². The summed E-state index contributed by atoms with van der Waals surface area (Å²) in [6, 6.07) is 4.63. The predicted molar refractivity (Wildman–Crippen MR) is 69.9 cm³/mol. The monoisotopic (exact) mass is 363 g/mol. The van der Waals surface area contributed by atoms with Crippen LogP contribution in [0, 0.1) is 3.57 Å². The lowest BCUT2D eigenvalue weighted by atomic mass is 10.2. The summed E-state index contributed by atoms with van der Waals surface area (Å²) in [6.45, 7) is 0.589. The molecule has 0 saturated carbocycles. The largest absolute Gasteiger partial charge is 0.489 e. The average Bonchev–Trinajstić information content (AvgIpc) is 2.74. The summed E-state index contributed by atoms with van der Waals surface area (Å²) in [5.74, 6) is -0.538. The number of nitrogens with one attached hydrogen (secondary N) is 1. The second-order valence-electron chi connectivity index (χ2n) is 3.67. The summed E-state index contributed by atoms with van der Waals surface area (Å²) in [4.78, 5) is 21.6. The molecule has 0 spiro atoms. The van der Waals surface area contributed by atoms with Gasteiger partial charge in [0, 0.05) is 0 Å². The quantitative estimate of drug-likeness (QED) is 0.792.